The van der Waals surface area contributed by atoms with E-state index >= 15 is 0 Å². The number of ether oxygens (including phenoxy) is 1. The molecule has 0 bridgehead atoms. The third-order valence-electron chi connectivity index (χ3n) is 2.63. The van der Waals surface area contributed by atoms with E-state index in [1.165, 1.54) is 5.56 Å². The number of nitrogens with one attached hydrogen (secondary N) is 1. The van der Waals surface area contributed by atoms with Gasteiger partial charge in [0.05, 0.1) is 12.8 Å². The van der Waals surface area contributed by atoms with Crippen LogP contribution in [0.2, 0.25) is 0 Å². The van der Waals surface area contributed by atoms with Gasteiger partial charge < -0.3 is 10.1 Å². The molecule has 4 nitrogen and oxygen atoms in total. The van der Waals surface area contributed by atoms with Gasteiger partial charge in [-0.15, -0.1) is 0 Å². The second-order valence-corrected chi connectivity index (χ2v) is 4.84. The average Bonchev–Trinajstić information content (AvgIpc) is 2.35. The summed E-state index contributed by atoms with van der Waals surface area (Å²) in [5.74, 6) is 3.78. The topological polar surface area (TPSA) is 47.0 Å². The van der Waals surface area contributed by atoms with Crippen LogP contribution in [-0.2, 0) is 18.6 Å². The van der Waals surface area contributed by atoms with Crippen LogP contribution in [0.1, 0.15) is 17.1 Å². The fourth-order valence-electron chi connectivity index (χ4n) is 1.79. The van der Waals surface area contributed by atoms with Gasteiger partial charge in [0, 0.05) is 24.3 Å². The van der Waals surface area contributed by atoms with Gasteiger partial charge in [0.15, 0.2) is 0 Å². The van der Waals surface area contributed by atoms with E-state index in [0.717, 1.165) is 48.3 Å². The van der Waals surface area contributed by atoms with Crippen LogP contribution < -0.4 is 10.1 Å². The Morgan fingerprint density at radius 1 is 1.44 bits per heavy atom. The van der Waals surface area contributed by atoms with E-state index in [2.05, 4.69) is 15.3 Å². The lowest BCUT2D eigenvalue weighted by molar-refractivity contribution is 0.388. The van der Waals surface area contributed by atoms with Crippen LogP contribution in [-0.4, -0.2) is 36.4 Å². The Balaban J connectivity index is 2.28. The Labute approximate surface area is 100 Å². The van der Waals surface area contributed by atoms with E-state index in [1.807, 2.05) is 18.8 Å². The Hall–Kier alpha value is -0.810. The van der Waals surface area contributed by atoms with E-state index in [0.29, 0.717) is 0 Å². The molecule has 1 aliphatic rings. The molecule has 0 unspecified atom stereocenters. The quantitative estimate of drug-likeness (QED) is 0.850. The number of methoxy groups -OCH3 is 1. The zero-order valence-electron chi connectivity index (χ0n) is 9.75. The second-order valence-electron chi connectivity index (χ2n) is 3.73. The van der Waals surface area contributed by atoms with E-state index in [4.69, 9.17) is 4.74 Å². The molecule has 0 radical (unpaired) electrons. The minimum absolute atomic E-state index is 0.774. The molecule has 0 saturated heterocycles. The van der Waals surface area contributed by atoms with Crippen molar-refractivity contribution in [3.05, 3.63) is 17.1 Å². The van der Waals surface area contributed by atoms with Crippen molar-refractivity contribution in [2.45, 2.75) is 18.6 Å². The minimum Gasteiger partial charge on any atom is -0.481 e. The molecule has 5 heteroatoms. The normalized spacial score (nSPS) is 14.6. The van der Waals surface area contributed by atoms with Gasteiger partial charge in [-0.1, -0.05) is 0 Å². The second kappa shape index (κ2) is 5.50. The van der Waals surface area contributed by atoms with Crippen LogP contribution in [0.5, 0.6) is 5.88 Å². The largest absolute Gasteiger partial charge is 0.481 e. The van der Waals surface area contributed by atoms with Gasteiger partial charge in [-0.3, -0.25) is 0 Å². The third-order valence-corrected chi connectivity index (χ3v) is 3.60. The molecular weight excluding hydrogens is 222 g/mol. The molecule has 0 saturated carbocycles. The molecule has 16 heavy (non-hydrogen) atoms. The van der Waals surface area contributed by atoms with E-state index < -0.39 is 0 Å². The molecule has 1 N–H and O–H groups in total. The van der Waals surface area contributed by atoms with Gasteiger partial charge in [0.2, 0.25) is 5.88 Å². The number of likely N-dealkylation sites (N-methyl/N-ethyl adjacent to an activating group) is 1. The summed E-state index contributed by atoms with van der Waals surface area (Å²) < 4.78 is 5.35. The van der Waals surface area contributed by atoms with E-state index in [1.54, 1.807) is 7.11 Å². The van der Waals surface area contributed by atoms with Gasteiger partial charge in [-0.05, 0) is 19.2 Å². The number of aromatic nitrogens is 2. The fourth-order valence-corrected chi connectivity index (χ4v) is 2.71. The highest BCUT2D eigenvalue weighted by atomic mass is 32.2. The third kappa shape index (κ3) is 2.47. The number of fused-ring (bicyclic) bond motifs is 1. The number of hydrogen-bond acceptors (Lipinski definition) is 5. The summed E-state index contributed by atoms with van der Waals surface area (Å²) in [4.78, 5) is 9.07. The molecule has 1 aromatic heterocycles. The number of nitrogens with zero attached hydrogens (tertiary/aromatic N) is 2. The molecule has 0 fully saturated rings. The molecule has 1 aliphatic heterocycles. The Morgan fingerprint density at radius 3 is 3.06 bits per heavy atom. The highest BCUT2D eigenvalue weighted by Crippen LogP contribution is 2.28. The summed E-state index contributed by atoms with van der Waals surface area (Å²) in [5.41, 5.74) is 2.36. The first-order valence-corrected chi connectivity index (χ1v) is 6.65. The first kappa shape index (κ1) is 11.7. The number of rotatable bonds is 4. The maximum atomic E-state index is 5.35. The number of thioether (sulfide) groups is 1. The first-order chi connectivity index (χ1) is 7.85. The van der Waals surface area contributed by atoms with Crippen LogP contribution >= 0.6 is 11.8 Å². The summed E-state index contributed by atoms with van der Waals surface area (Å²) in [6.07, 6.45) is 1.88. The molecule has 0 amide bonds. The molecule has 0 aliphatic carbocycles. The van der Waals surface area contributed by atoms with Crippen LogP contribution in [0.4, 0.5) is 0 Å². The Bertz CT molecular complexity index is 353. The van der Waals surface area contributed by atoms with E-state index in [-0.39, 0.29) is 0 Å². The van der Waals surface area contributed by atoms with Crippen LogP contribution in [0.25, 0.3) is 0 Å². The average molecular weight is 239 g/mol. The van der Waals surface area contributed by atoms with Gasteiger partial charge in [0.25, 0.3) is 0 Å². The van der Waals surface area contributed by atoms with Crippen molar-refractivity contribution >= 4 is 11.8 Å². The Kier molecular flexibility index (Phi) is 4.01. The number of hydrogen-bond donors (Lipinski definition) is 1. The smallest absolute Gasteiger partial charge is 0.219 e. The molecule has 1 aromatic rings. The summed E-state index contributed by atoms with van der Waals surface area (Å²) in [5, 5.41) is 3.11. The molecule has 88 valence electrons. The van der Waals surface area contributed by atoms with Crippen molar-refractivity contribution in [2.24, 2.45) is 0 Å². The first-order valence-electron chi connectivity index (χ1n) is 5.50. The summed E-state index contributed by atoms with van der Waals surface area (Å²) >= 11 is 1.93. The highest BCUT2D eigenvalue weighted by molar-refractivity contribution is 7.98. The SMILES string of the molecule is CNCCc1nc2c(c(OC)n1)CCSC2. The highest BCUT2D eigenvalue weighted by Gasteiger charge is 2.18. The monoisotopic (exact) mass is 239 g/mol. The van der Waals surface area contributed by atoms with Crippen LogP contribution in [0, 0.1) is 0 Å². The lowest BCUT2D eigenvalue weighted by Gasteiger charge is -2.17. The van der Waals surface area contributed by atoms with Crippen LogP contribution in [0.3, 0.4) is 0 Å². The lowest BCUT2D eigenvalue weighted by Crippen LogP contribution is -2.16. The van der Waals surface area contributed by atoms with Crippen molar-refractivity contribution in [1.29, 1.82) is 0 Å². The zero-order valence-corrected chi connectivity index (χ0v) is 10.6. The molecule has 2 heterocycles. The maximum absolute atomic E-state index is 5.35. The predicted molar refractivity (Wildman–Crippen MR) is 66.1 cm³/mol. The Morgan fingerprint density at radius 2 is 2.31 bits per heavy atom. The zero-order chi connectivity index (χ0) is 11.4. The summed E-state index contributed by atoms with van der Waals surface area (Å²) in [7, 11) is 3.62. The molecular formula is C11H17N3OS. The molecule has 0 aromatic carbocycles. The van der Waals surface area contributed by atoms with Crippen molar-refractivity contribution in [1.82, 2.24) is 15.3 Å². The van der Waals surface area contributed by atoms with E-state index in [9.17, 15) is 0 Å². The molecule has 0 spiro atoms. The van der Waals surface area contributed by atoms with Gasteiger partial charge >= 0.3 is 0 Å². The van der Waals surface area contributed by atoms with Gasteiger partial charge in [0.1, 0.15) is 5.82 Å². The van der Waals surface area contributed by atoms with Crippen molar-refractivity contribution in [2.75, 3.05) is 26.5 Å². The minimum atomic E-state index is 0.774. The van der Waals surface area contributed by atoms with Gasteiger partial charge in [-0.25, -0.2) is 4.98 Å². The van der Waals surface area contributed by atoms with Crippen molar-refractivity contribution in [3.8, 4) is 5.88 Å². The van der Waals surface area contributed by atoms with Gasteiger partial charge in [-0.2, -0.15) is 16.7 Å². The predicted octanol–water partition coefficient (Wildman–Crippen LogP) is 1.04. The summed E-state index contributed by atoms with van der Waals surface area (Å²) in [6, 6.07) is 0. The summed E-state index contributed by atoms with van der Waals surface area (Å²) in [6.45, 7) is 0.898. The molecule has 2 rings (SSSR count). The van der Waals surface area contributed by atoms with Crippen molar-refractivity contribution < 1.29 is 4.74 Å². The van der Waals surface area contributed by atoms with Crippen molar-refractivity contribution in [3.63, 3.8) is 0 Å². The standard InChI is InChI=1S/C11H17N3OS/c1-12-5-3-10-13-9-7-16-6-4-8(9)11(14-10)15-2/h12H,3-7H2,1-2H3. The lowest BCUT2D eigenvalue weighted by atomic mass is 10.1. The fraction of sp³-hybridized carbons (Fsp3) is 0.636. The van der Waals surface area contributed by atoms with Crippen LogP contribution in [0.15, 0.2) is 0 Å². The maximum Gasteiger partial charge on any atom is 0.219 e. The molecule has 0 atom stereocenters.